The monoisotopic (exact) mass is 507 g/mol. The fourth-order valence-electron chi connectivity index (χ4n) is 2.82. The summed E-state index contributed by atoms with van der Waals surface area (Å²) in [6.45, 7) is 4.01. The number of halogens is 6. The van der Waals surface area contributed by atoms with Gasteiger partial charge in [0.15, 0.2) is 17.5 Å². The molecule has 11 heteroatoms. The number of H-pyrrole nitrogens is 1. The van der Waals surface area contributed by atoms with Gasteiger partial charge >= 0.3 is 7.32 Å². The van der Waals surface area contributed by atoms with E-state index >= 15 is 0 Å². The van der Waals surface area contributed by atoms with Gasteiger partial charge in [-0.1, -0.05) is 0 Å². The van der Waals surface area contributed by atoms with Crippen molar-refractivity contribution in [1.82, 2.24) is 4.98 Å². The Morgan fingerprint density at radius 2 is 0.806 bits per heavy atom. The highest BCUT2D eigenvalue weighted by Crippen LogP contribution is 2.28. The van der Waals surface area contributed by atoms with E-state index in [2.05, 4.69) is 4.98 Å². The average Bonchev–Trinajstić information content (AvgIpc) is 3.39. The SMILES string of the molecule is Cc1cc(OB(Oc2cc(C)c(F)cc2F)Oc2cc(C)c(F)cc2F)c(F)cc1F.c1cc[nH]c1. The number of nitrogens with one attached hydrogen (secondary N) is 1. The summed E-state index contributed by atoms with van der Waals surface area (Å²) in [5.74, 6) is -7.55. The molecule has 1 aromatic heterocycles. The normalized spacial score (nSPS) is 10.4. The van der Waals surface area contributed by atoms with Gasteiger partial charge in [-0.3, -0.25) is 0 Å². The predicted octanol–water partition coefficient (Wildman–Crippen LogP) is 6.98. The molecule has 0 aliphatic rings. The molecule has 188 valence electrons. The van der Waals surface area contributed by atoms with Crippen molar-refractivity contribution >= 4 is 7.32 Å². The Kier molecular flexibility index (Phi) is 8.57. The van der Waals surface area contributed by atoms with Crippen LogP contribution in [0.3, 0.4) is 0 Å². The van der Waals surface area contributed by atoms with Crippen LogP contribution in [-0.2, 0) is 0 Å². The first-order valence-electron chi connectivity index (χ1n) is 10.5. The minimum Gasteiger partial charge on any atom is -0.487 e. The van der Waals surface area contributed by atoms with E-state index in [-0.39, 0.29) is 16.7 Å². The van der Waals surface area contributed by atoms with Gasteiger partial charge in [0.25, 0.3) is 0 Å². The lowest BCUT2D eigenvalue weighted by Gasteiger charge is -2.18. The van der Waals surface area contributed by atoms with E-state index in [9.17, 15) is 26.3 Å². The molecule has 0 saturated heterocycles. The summed E-state index contributed by atoms with van der Waals surface area (Å²) >= 11 is 0. The summed E-state index contributed by atoms with van der Waals surface area (Å²) in [6, 6.07) is 8.50. The van der Waals surface area contributed by atoms with Crippen LogP contribution in [0.25, 0.3) is 0 Å². The van der Waals surface area contributed by atoms with Crippen LogP contribution in [-0.4, -0.2) is 12.3 Å². The van der Waals surface area contributed by atoms with Gasteiger partial charge in [-0.15, -0.1) is 0 Å². The minimum absolute atomic E-state index is 0.0164. The third-order valence-electron chi connectivity index (χ3n) is 4.81. The smallest absolute Gasteiger partial charge is 0.487 e. The van der Waals surface area contributed by atoms with E-state index in [0.29, 0.717) is 18.2 Å². The zero-order chi connectivity index (χ0) is 26.4. The second kappa shape index (κ2) is 11.6. The van der Waals surface area contributed by atoms with E-state index in [0.717, 1.165) is 18.2 Å². The molecule has 0 amide bonds. The van der Waals surface area contributed by atoms with Gasteiger partial charge in [0.1, 0.15) is 34.7 Å². The van der Waals surface area contributed by atoms with Gasteiger partial charge in [0, 0.05) is 30.6 Å². The first kappa shape index (κ1) is 26.6. The quantitative estimate of drug-likeness (QED) is 0.226. The van der Waals surface area contributed by atoms with Crippen LogP contribution in [0.2, 0.25) is 0 Å². The molecule has 0 spiro atoms. The molecule has 4 rings (SSSR count). The van der Waals surface area contributed by atoms with Gasteiger partial charge in [0.2, 0.25) is 0 Å². The summed E-state index contributed by atoms with van der Waals surface area (Å²) in [6.07, 6.45) is 3.75. The Labute approximate surface area is 203 Å². The first-order valence-corrected chi connectivity index (χ1v) is 10.5. The molecule has 0 aliphatic carbocycles. The van der Waals surface area contributed by atoms with Crippen molar-refractivity contribution < 1.29 is 40.3 Å². The maximum Gasteiger partial charge on any atom is 0.864 e. The highest BCUT2D eigenvalue weighted by atomic mass is 19.2. The van der Waals surface area contributed by atoms with Crippen molar-refractivity contribution in [3.8, 4) is 17.2 Å². The Hall–Kier alpha value is -4.02. The number of hydrogen-bond acceptors (Lipinski definition) is 3. The zero-order valence-corrected chi connectivity index (χ0v) is 19.3. The Balaban J connectivity index is 0.000000642. The summed E-state index contributed by atoms with van der Waals surface area (Å²) < 4.78 is 98.7. The summed E-state index contributed by atoms with van der Waals surface area (Å²) in [4.78, 5) is 2.86. The zero-order valence-electron chi connectivity index (χ0n) is 19.3. The number of aromatic nitrogens is 1. The fraction of sp³-hybridized carbons (Fsp3) is 0.120. The van der Waals surface area contributed by atoms with Crippen LogP contribution in [0.15, 0.2) is 60.9 Å². The van der Waals surface area contributed by atoms with Crippen molar-refractivity contribution in [3.63, 3.8) is 0 Å². The molecule has 4 aromatic rings. The molecule has 0 fully saturated rings. The third-order valence-corrected chi connectivity index (χ3v) is 4.81. The Morgan fingerprint density at radius 3 is 1.06 bits per heavy atom. The van der Waals surface area contributed by atoms with Crippen molar-refractivity contribution in [2.75, 3.05) is 0 Å². The molecule has 0 aliphatic heterocycles. The molecule has 0 radical (unpaired) electrons. The molecule has 0 atom stereocenters. The molecule has 0 bridgehead atoms. The maximum atomic E-state index is 14.1. The minimum atomic E-state index is -2.00. The van der Waals surface area contributed by atoms with E-state index in [1.54, 1.807) is 0 Å². The van der Waals surface area contributed by atoms with Crippen molar-refractivity contribution in [1.29, 1.82) is 0 Å². The number of benzene rings is 3. The summed E-state index contributed by atoms with van der Waals surface area (Å²) in [7, 11) is -2.00. The second-order valence-corrected chi connectivity index (χ2v) is 7.62. The van der Waals surface area contributed by atoms with Gasteiger partial charge in [-0.05, 0) is 67.8 Å². The topological polar surface area (TPSA) is 43.5 Å². The van der Waals surface area contributed by atoms with Crippen molar-refractivity contribution in [2.24, 2.45) is 0 Å². The predicted molar refractivity (Wildman–Crippen MR) is 122 cm³/mol. The molecule has 1 N–H and O–H groups in total. The number of aromatic amines is 1. The standard InChI is InChI=1S/C21H15BF6O3.C4H5N/c1-10-4-19(16(26)7-13(10)23)29-22(30-20-5-11(2)14(24)8-17(20)27)31-21-6-12(3)15(25)9-18(21)28;1-2-4-5-3-1/h4-9H,1-3H3;1-5H. The van der Waals surface area contributed by atoms with Gasteiger partial charge < -0.3 is 18.9 Å². The van der Waals surface area contributed by atoms with E-state index in [1.165, 1.54) is 20.8 Å². The Bertz CT molecular complexity index is 1180. The third kappa shape index (κ3) is 6.77. The highest BCUT2D eigenvalue weighted by Gasteiger charge is 2.34. The molecule has 4 nitrogen and oxygen atoms in total. The van der Waals surface area contributed by atoms with E-state index in [1.807, 2.05) is 24.5 Å². The molecular formula is C25H20BF6NO3. The molecule has 0 unspecified atom stereocenters. The molecule has 36 heavy (non-hydrogen) atoms. The summed E-state index contributed by atoms with van der Waals surface area (Å²) in [5, 5.41) is 0. The number of aryl methyl sites for hydroxylation is 3. The van der Waals surface area contributed by atoms with Crippen LogP contribution in [0.1, 0.15) is 16.7 Å². The largest absolute Gasteiger partial charge is 0.864 e. The van der Waals surface area contributed by atoms with Crippen molar-refractivity contribution in [3.05, 3.63) is 113 Å². The number of rotatable bonds is 6. The average molecular weight is 507 g/mol. The van der Waals surface area contributed by atoms with E-state index < -0.39 is 59.5 Å². The Morgan fingerprint density at radius 1 is 0.500 bits per heavy atom. The van der Waals surface area contributed by atoms with Crippen LogP contribution < -0.4 is 14.0 Å². The van der Waals surface area contributed by atoms with Gasteiger partial charge in [0.05, 0.1) is 0 Å². The number of hydrogen-bond donors (Lipinski definition) is 1. The lowest BCUT2D eigenvalue weighted by atomic mass is 10.1. The summed E-state index contributed by atoms with van der Waals surface area (Å²) in [5.41, 5.74) is 0.0493. The molecule has 1 heterocycles. The lowest BCUT2D eigenvalue weighted by molar-refractivity contribution is 0.286. The highest BCUT2D eigenvalue weighted by molar-refractivity contribution is 6.39. The molecular weight excluding hydrogens is 487 g/mol. The second-order valence-electron chi connectivity index (χ2n) is 7.62. The van der Waals surface area contributed by atoms with Gasteiger partial charge in [-0.25, -0.2) is 26.3 Å². The van der Waals surface area contributed by atoms with Crippen molar-refractivity contribution in [2.45, 2.75) is 20.8 Å². The first-order chi connectivity index (χ1) is 17.0. The van der Waals surface area contributed by atoms with Crippen LogP contribution in [0.4, 0.5) is 26.3 Å². The van der Waals surface area contributed by atoms with Crippen LogP contribution in [0.5, 0.6) is 17.2 Å². The fourth-order valence-corrected chi connectivity index (χ4v) is 2.82. The molecule has 3 aromatic carbocycles. The van der Waals surface area contributed by atoms with E-state index in [4.69, 9.17) is 14.0 Å². The van der Waals surface area contributed by atoms with Crippen LogP contribution >= 0.6 is 0 Å². The van der Waals surface area contributed by atoms with Gasteiger partial charge in [-0.2, -0.15) is 0 Å². The maximum absolute atomic E-state index is 14.1. The lowest BCUT2D eigenvalue weighted by Crippen LogP contribution is -2.38. The van der Waals surface area contributed by atoms with Crippen LogP contribution in [0, 0.1) is 55.7 Å². The molecule has 0 saturated carbocycles.